The molecule has 5 heteroatoms. The molecule has 2 rings (SSSR count). The maximum atomic E-state index is 6.06. The van der Waals surface area contributed by atoms with Gasteiger partial charge in [0.15, 0.2) is 0 Å². The van der Waals surface area contributed by atoms with Gasteiger partial charge >= 0.3 is 0 Å². The summed E-state index contributed by atoms with van der Waals surface area (Å²) in [6, 6.07) is 0.0280. The molecule has 0 bridgehead atoms. The monoisotopic (exact) mass is 252 g/mol. The van der Waals surface area contributed by atoms with E-state index in [2.05, 4.69) is 23.6 Å². The van der Waals surface area contributed by atoms with Gasteiger partial charge in [0.1, 0.15) is 0 Å². The topological polar surface area (TPSA) is 65.1 Å². The van der Waals surface area contributed by atoms with E-state index in [1.807, 2.05) is 17.8 Å². The molecule has 1 aromatic heterocycles. The van der Waals surface area contributed by atoms with Crippen LogP contribution >= 0.6 is 0 Å². The largest absolute Gasteiger partial charge is 0.373 e. The Hall–Kier alpha value is -0.910. The summed E-state index contributed by atoms with van der Waals surface area (Å²) >= 11 is 0. The fourth-order valence-corrected chi connectivity index (χ4v) is 3.03. The predicted octanol–water partition coefficient (Wildman–Crippen LogP) is 1.76. The fraction of sp³-hybridized carbons (Fsp3) is 0.769. The minimum absolute atomic E-state index is 0.0280. The molecule has 102 valence electrons. The first-order chi connectivity index (χ1) is 8.75. The molecule has 1 atom stereocenters. The Morgan fingerprint density at radius 3 is 2.72 bits per heavy atom. The van der Waals surface area contributed by atoms with Crippen LogP contribution in [0.1, 0.15) is 51.1 Å². The smallest absolute Gasteiger partial charge is 0.0890 e. The Morgan fingerprint density at radius 2 is 2.22 bits per heavy atom. The SMILES string of the molecule is CCOC1(C(NN)c2cnn(CC)c2)CCCC1. The van der Waals surface area contributed by atoms with E-state index in [0.29, 0.717) is 0 Å². The maximum absolute atomic E-state index is 6.06. The number of aryl methyl sites for hydroxylation is 1. The molecule has 1 aromatic rings. The molecule has 0 aromatic carbocycles. The van der Waals surface area contributed by atoms with E-state index in [1.54, 1.807) is 0 Å². The van der Waals surface area contributed by atoms with Crippen molar-refractivity contribution in [3.8, 4) is 0 Å². The van der Waals surface area contributed by atoms with Crippen molar-refractivity contribution in [1.82, 2.24) is 15.2 Å². The zero-order chi connectivity index (χ0) is 13.0. The fourth-order valence-electron chi connectivity index (χ4n) is 3.03. The number of nitrogens with two attached hydrogens (primary N) is 1. The molecule has 3 N–H and O–H groups in total. The van der Waals surface area contributed by atoms with E-state index in [4.69, 9.17) is 10.6 Å². The standard InChI is InChI=1S/C13H24N4O/c1-3-17-10-11(9-15-17)12(16-14)13(18-4-2)7-5-6-8-13/h9-10,12,16H,3-8,14H2,1-2H3. The van der Waals surface area contributed by atoms with Crippen molar-refractivity contribution < 1.29 is 4.74 Å². The molecular weight excluding hydrogens is 228 g/mol. The van der Waals surface area contributed by atoms with Crippen LogP contribution < -0.4 is 11.3 Å². The highest BCUT2D eigenvalue weighted by Gasteiger charge is 2.43. The molecular formula is C13H24N4O. The summed E-state index contributed by atoms with van der Waals surface area (Å²) in [4.78, 5) is 0. The molecule has 0 aliphatic heterocycles. The first-order valence-electron chi connectivity index (χ1n) is 6.88. The molecule has 1 heterocycles. The summed E-state index contributed by atoms with van der Waals surface area (Å²) in [5.41, 5.74) is 3.90. The first-order valence-corrected chi connectivity index (χ1v) is 6.88. The molecule has 18 heavy (non-hydrogen) atoms. The van der Waals surface area contributed by atoms with Crippen molar-refractivity contribution in [1.29, 1.82) is 0 Å². The van der Waals surface area contributed by atoms with Gasteiger partial charge < -0.3 is 4.74 Å². The lowest BCUT2D eigenvalue weighted by atomic mass is 9.88. The average molecular weight is 252 g/mol. The Bertz CT molecular complexity index is 371. The molecule has 1 unspecified atom stereocenters. The number of ether oxygens (including phenoxy) is 1. The van der Waals surface area contributed by atoms with Gasteiger partial charge in [-0.25, -0.2) is 5.43 Å². The Balaban J connectivity index is 2.24. The second kappa shape index (κ2) is 5.82. The lowest BCUT2D eigenvalue weighted by Gasteiger charge is -2.36. The molecule has 0 spiro atoms. The maximum Gasteiger partial charge on any atom is 0.0890 e. The molecule has 1 fully saturated rings. The highest BCUT2D eigenvalue weighted by Crippen LogP contribution is 2.42. The summed E-state index contributed by atoms with van der Waals surface area (Å²) in [5.74, 6) is 5.78. The van der Waals surface area contributed by atoms with Gasteiger partial charge in [-0.2, -0.15) is 5.10 Å². The van der Waals surface area contributed by atoms with Gasteiger partial charge in [-0.15, -0.1) is 0 Å². The highest BCUT2D eigenvalue weighted by atomic mass is 16.5. The van der Waals surface area contributed by atoms with Gasteiger partial charge in [0.05, 0.1) is 17.8 Å². The molecule has 1 aliphatic rings. The van der Waals surface area contributed by atoms with E-state index in [-0.39, 0.29) is 11.6 Å². The van der Waals surface area contributed by atoms with Crippen LogP contribution in [0, 0.1) is 0 Å². The summed E-state index contributed by atoms with van der Waals surface area (Å²) in [6.45, 7) is 5.72. The van der Waals surface area contributed by atoms with Gasteiger partial charge in [-0.05, 0) is 26.7 Å². The normalized spacial score (nSPS) is 20.2. The van der Waals surface area contributed by atoms with Gasteiger partial charge in [0, 0.05) is 24.9 Å². The quantitative estimate of drug-likeness (QED) is 0.598. The molecule has 1 saturated carbocycles. The van der Waals surface area contributed by atoms with Crippen LogP contribution in [0.15, 0.2) is 12.4 Å². The Morgan fingerprint density at radius 1 is 1.50 bits per heavy atom. The number of nitrogens with one attached hydrogen (secondary N) is 1. The lowest BCUT2D eigenvalue weighted by Crippen LogP contribution is -2.46. The van der Waals surface area contributed by atoms with Crippen molar-refractivity contribution in [2.24, 2.45) is 5.84 Å². The van der Waals surface area contributed by atoms with Gasteiger partial charge in [0.25, 0.3) is 0 Å². The number of aromatic nitrogens is 2. The minimum Gasteiger partial charge on any atom is -0.373 e. The van der Waals surface area contributed by atoms with Crippen LogP contribution in [-0.4, -0.2) is 22.0 Å². The van der Waals surface area contributed by atoms with Crippen LogP contribution in [0.2, 0.25) is 0 Å². The third-order valence-corrected chi connectivity index (χ3v) is 3.89. The second-order valence-electron chi connectivity index (χ2n) is 4.93. The average Bonchev–Trinajstić information content (AvgIpc) is 3.01. The van der Waals surface area contributed by atoms with Crippen molar-refractivity contribution in [2.75, 3.05) is 6.61 Å². The van der Waals surface area contributed by atoms with E-state index >= 15 is 0 Å². The number of hydrazine groups is 1. The zero-order valence-corrected chi connectivity index (χ0v) is 11.4. The number of rotatable bonds is 6. The summed E-state index contributed by atoms with van der Waals surface area (Å²) in [6.07, 6.45) is 8.50. The third kappa shape index (κ3) is 2.43. The molecule has 5 nitrogen and oxygen atoms in total. The highest BCUT2D eigenvalue weighted by molar-refractivity contribution is 5.17. The second-order valence-corrected chi connectivity index (χ2v) is 4.93. The molecule has 0 saturated heterocycles. The van der Waals surface area contributed by atoms with E-state index in [1.165, 1.54) is 12.8 Å². The minimum atomic E-state index is -0.162. The van der Waals surface area contributed by atoms with E-state index in [9.17, 15) is 0 Å². The van der Waals surface area contributed by atoms with Crippen molar-refractivity contribution >= 4 is 0 Å². The summed E-state index contributed by atoms with van der Waals surface area (Å²) < 4.78 is 7.99. The lowest BCUT2D eigenvalue weighted by molar-refractivity contribution is -0.0627. The molecule has 0 amide bonds. The van der Waals surface area contributed by atoms with Crippen LogP contribution in [0.25, 0.3) is 0 Å². The van der Waals surface area contributed by atoms with Crippen LogP contribution in [0.5, 0.6) is 0 Å². The third-order valence-electron chi connectivity index (χ3n) is 3.89. The van der Waals surface area contributed by atoms with Crippen LogP contribution in [-0.2, 0) is 11.3 Å². The van der Waals surface area contributed by atoms with Crippen molar-refractivity contribution in [2.45, 2.75) is 57.7 Å². The van der Waals surface area contributed by atoms with Crippen molar-refractivity contribution in [3.63, 3.8) is 0 Å². The van der Waals surface area contributed by atoms with Crippen LogP contribution in [0.3, 0.4) is 0 Å². The van der Waals surface area contributed by atoms with Gasteiger partial charge in [0.2, 0.25) is 0 Å². The zero-order valence-electron chi connectivity index (χ0n) is 11.4. The number of hydrogen-bond acceptors (Lipinski definition) is 4. The predicted molar refractivity (Wildman–Crippen MR) is 70.8 cm³/mol. The number of hydrogen-bond donors (Lipinski definition) is 2. The summed E-state index contributed by atoms with van der Waals surface area (Å²) in [7, 11) is 0. The van der Waals surface area contributed by atoms with E-state index < -0.39 is 0 Å². The van der Waals surface area contributed by atoms with Crippen molar-refractivity contribution in [3.05, 3.63) is 18.0 Å². The molecule has 0 radical (unpaired) electrons. The summed E-state index contributed by atoms with van der Waals surface area (Å²) in [5, 5.41) is 4.33. The van der Waals surface area contributed by atoms with Gasteiger partial charge in [-0.1, -0.05) is 12.8 Å². The number of nitrogens with zero attached hydrogens (tertiary/aromatic N) is 2. The van der Waals surface area contributed by atoms with E-state index in [0.717, 1.165) is 31.6 Å². The van der Waals surface area contributed by atoms with Crippen LogP contribution in [0.4, 0.5) is 0 Å². The Kier molecular flexibility index (Phi) is 4.37. The van der Waals surface area contributed by atoms with Gasteiger partial charge in [-0.3, -0.25) is 10.5 Å². The first kappa shape index (κ1) is 13.5. The molecule has 1 aliphatic carbocycles. The Labute approximate surface area is 109 Å².